The van der Waals surface area contributed by atoms with Crippen molar-refractivity contribution in [2.75, 3.05) is 0 Å². The average molecular weight is 266 g/mol. The maximum Gasteiger partial charge on any atom is 0.127 e. The Morgan fingerprint density at radius 3 is 1.90 bits per heavy atom. The highest BCUT2D eigenvalue weighted by Gasteiger charge is 2.56. The molecule has 2 aromatic carbocycles. The largest absolute Gasteiger partial charge is 0.207 e. The second kappa shape index (κ2) is 4.44. The standard InChI is InChI=1S/C19H19F/c20-18-9-5-4-8-17(18)19(14-6-2-1-3-7-14)15-10-11-16(19)13-12-15/h1-9,15-16H,10-13H2. The van der Waals surface area contributed by atoms with Crippen LogP contribution in [0.15, 0.2) is 54.6 Å². The third-order valence-corrected chi connectivity index (χ3v) is 5.59. The zero-order chi connectivity index (χ0) is 13.6. The molecule has 2 fully saturated rings. The van der Waals surface area contributed by atoms with Crippen molar-refractivity contribution in [1.29, 1.82) is 0 Å². The summed E-state index contributed by atoms with van der Waals surface area (Å²) in [5.41, 5.74) is 2.17. The van der Waals surface area contributed by atoms with Gasteiger partial charge in [0.15, 0.2) is 0 Å². The maximum atomic E-state index is 14.5. The summed E-state index contributed by atoms with van der Waals surface area (Å²) in [6.07, 6.45) is 4.98. The summed E-state index contributed by atoms with van der Waals surface area (Å²) in [6.45, 7) is 0. The Morgan fingerprint density at radius 2 is 1.30 bits per heavy atom. The Morgan fingerprint density at radius 1 is 0.750 bits per heavy atom. The van der Waals surface area contributed by atoms with E-state index >= 15 is 0 Å². The molecule has 0 amide bonds. The van der Waals surface area contributed by atoms with Gasteiger partial charge >= 0.3 is 0 Å². The van der Waals surface area contributed by atoms with Gasteiger partial charge in [-0.3, -0.25) is 0 Å². The lowest BCUT2D eigenvalue weighted by Gasteiger charge is -2.36. The lowest BCUT2D eigenvalue weighted by atomic mass is 9.67. The molecule has 2 saturated carbocycles. The van der Waals surface area contributed by atoms with Gasteiger partial charge in [0.2, 0.25) is 0 Å². The summed E-state index contributed by atoms with van der Waals surface area (Å²) in [4.78, 5) is 0. The van der Waals surface area contributed by atoms with Crippen molar-refractivity contribution in [3.8, 4) is 0 Å². The van der Waals surface area contributed by atoms with Gasteiger partial charge in [0.05, 0.1) is 0 Å². The Hall–Kier alpha value is -1.63. The van der Waals surface area contributed by atoms with Gasteiger partial charge < -0.3 is 0 Å². The molecule has 20 heavy (non-hydrogen) atoms. The summed E-state index contributed by atoms with van der Waals surface area (Å²) in [5, 5.41) is 0. The van der Waals surface area contributed by atoms with Crippen molar-refractivity contribution < 1.29 is 4.39 Å². The molecule has 4 rings (SSSR count). The molecule has 2 bridgehead atoms. The predicted molar refractivity (Wildman–Crippen MR) is 79.1 cm³/mol. The maximum absolute atomic E-state index is 14.5. The fraction of sp³-hybridized carbons (Fsp3) is 0.368. The molecule has 0 atom stereocenters. The molecular formula is C19H19F. The van der Waals surface area contributed by atoms with Crippen LogP contribution in [0, 0.1) is 17.7 Å². The molecule has 0 N–H and O–H groups in total. The van der Waals surface area contributed by atoms with Gasteiger partial charge in [-0.05, 0) is 54.7 Å². The van der Waals surface area contributed by atoms with Gasteiger partial charge in [-0.1, -0.05) is 48.5 Å². The van der Waals surface area contributed by atoms with E-state index in [0.29, 0.717) is 11.8 Å². The first-order valence-corrected chi connectivity index (χ1v) is 7.64. The van der Waals surface area contributed by atoms with E-state index in [4.69, 9.17) is 0 Å². The van der Waals surface area contributed by atoms with E-state index in [-0.39, 0.29) is 11.2 Å². The topological polar surface area (TPSA) is 0 Å². The predicted octanol–water partition coefficient (Wildman–Crippen LogP) is 4.93. The highest BCUT2D eigenvalue weighted by Crippen LogP contribution is 2.62. The lowest BCUT2D eigenvalue weighted by Crippen LogP contribution is -2.34. The van der Waals surface area contributed by atoms with Gasteiger partial charge in [0.1, 0.15) is 5.82 Å². The Kier molecular flexibility index (Phi) is 2.70. The number of benzene rings is 2. The summed E-state index contributed by atoms with van der Waals surface area (Å²) >= 11 is 0. The molecule has 2 aliphatic carbocycles. The van der Waals surface area contributed by atoms with E-state index in [1.807, 2.05) is 12.1 Å². The molecule has 0 saturated heterocycles. The number of halogens is 1. The minimum absolute atomic E-state index is 0.0323. The molecule has 2 aromatic rings. The van der Waals surface area contributed by atoms with Crippen LogP contribution in [-0.4, -0.2) is 0 Å². The van der Waals surface area contributed by atoms with Crippen LogP contribution in [0.1, 0.15) is 36.8 Å². The van der Waals surface area contributed by atoms with Crippen LogP contribution in [0.2, 0.25) is 0 Å². The minimum atomic E-state index is -0.0768. The minimum Gasteiger partial charge on any atom is -0.207 e. The van der Waals surface area contributed by atoms with Gasteiger partial charge in [0, 0.05) is 5.41 Å². The monoisotopic (exact) mass is 266 g/mol. The second-order valence-corrected chi connectivity index (χ2v) is 6.26. The van der Waals surface area contributed by atoms with E-state index < -0.39 is 0 Å². The number of rotatable bonds is 2. The first-order chi connectivity index (χ1) is 9.83. The van der Waals surface area contributed by atoms with E-state index in [0.717, 1.165) is 5.56 Å². The van der Waals surface area contributed by atoms with Crippen LogP contribution in [0.5, 0.6) is 0 Å². The second-order valence-electron chi connectivity index (χ2n) is 6.26. The molecule has 0 heterocycles. The highest BCUT2D eigenvalue weighted by molar-refractivity contribution is 5.45. The van der Waals surface area contributed by atoms with Crippen LogP contribution in [0.3, 0.4) is 0 Å². The smallest absolute Gasteiger partial charge is 0.127 e. The van der Waals surface area contributed by atoms with Crippen LogP contribution in [0.4, 0.5) is 4.39 Å². The van der Waals surface area contributed by atoms with Crippen molar-refractivity contribution in [2.45, 2.75) is 31.1 Å². The van der Waals surface area contributed by atoms with Crippen molar-refractivity contribution in [3.05, 3.63) is 71.5 Å². The van der Waals surface area contributed by atoms with Crippen LogP contribution in [0.25, 0.3) is 0 Å². The third-order valence-electron chi connectivity index (χ3n) is 5.59. The first kappa shape index (κ1) is 12.1. The fourth-order valence-electron chi connectivity index (χ4n) is 4.91. The summed E-state index contributed by atoms with van der Waals surface area (Å²) < 4.78 is 14.5. The van der Waals surface area contributed by atoms with Gasteiger partial charge in [0.25, 0.3) is 0 Å². The van der Waals surface area contributed by atoms with Crippen LogP contribution < -0.4 is 0 Å². The summed E-state index contributed by atoms with van der Waals surface area (Å²) in [6, 6.07) is 18.1. The highest BCUT2D eigenvalue weighted by atomic mass is 19.1. The van der Waals surface area contributed by atoms with Crippen LogP contribution in [-0.2, 0) is 5.41 Å². The van der Waals surface area contributed by atoms with E-state index in [9.17, 15) is 4.39 Å². The Balaban J connectivity index is 1.98. The molecule has 0 nitrogen and oxygen atoms in total. The number of fused-ring (bicyclic) bond motifs is 2. The van der Waals surface area contributed by atoms with Gasteiger partial charge in [-0.15, -0.1) is 0 Å². The lowest BCUT2D eigenvalue weighted by molar-refractivity contribution is 0.372. The quantitative estimate of drug-likeness (QED) is 0.723. The molecule has 1 heteroatoms. The van der Waals surface area contributed by atoms with Crippen molar-refractivity contribution in [3.63, 3.8) is 0 Å². The van der Waals surface area contributed by atoms with Gasteiger partial charge in [-0.25, -0.2) is 4.39 Å². The van der Waals surface area contributed by atoms with Gasteiger partial charge in [-0.2, -0.15) is 0 Å². The third kappa shape index (κ3) is 1.47. The van der Waals surface area contributed by atoms with Crippen molar-refractivity contribution >= 4 is 0 Å². The number of hydrogen-bond acceptors (Lipinski definition) is 0. The van der Waals surface area contributed by atoms with E-state index in [1.165, 1.54) is 31.2 Å². The van der Waals surface area contributed by atoms with Crippen molar-refractivity contribution in [1.82, 2.24) is 0 Å². The summed E-state index contributed by atoms with van der Waals surface area (Å²) in [5.74, 6) is 1.17. The molecule has 0 unspecified atom stereocenters. The molecule has 0 spiro atoms. The molecule has 102 valence electrons. The van der Waals surface area contributed by atoms with E-state index in [2.05, 4.69) is 30.3 Å². The average Bonchev–Trinajstić information content (AvgIpc) is 3.05. The molecule has 0 aliphatic heterocycles. The molecular weight excluding hydrogens is 247 g/mol. The van der Waals surface area contributed by atoms with E-state index in [1.54, 1.807) is 12.1 Å². The number of hydrogen-bond donors (Lipinski definition) is 0. The fourth-order valence-corrected chi connectivity index (χ4v) is 4.91. The normalized spacial score (nSPS) is 31.6. The zero-order valence-corrected chi connectivity index (χ0v) is 11.6. The first-order valence-electron chi connectivity index (χ1n) is 7.64. The Labute approximate surface area is 119 Å². The zero-order valence-electron chi connectivity index (χ0n) is 11.6. The van der Waals surface area contributed by atoms with Crippen molar-refractivity contribution in [2.24, 2.45) is 11.8 Å². The Bertz CT molecular complexity index is 597. The molecule has 0 aromatic heterocycles. The SMILES string of the molecule is Fc1ccccc1C1(c2ccccc2)C2CCC1CC2. The molecule has 0 radical (unpaired) electrons. The van der Waals surface area contributed by atoms with Crippen LogP contribution >= 0.6 is 0 Å². The molecule has 2 aliphatic rings. The summed E-state index contributed by atoms with van der Waals surface area (Å²) in [7, 11) is 0.